The monoisotopic (exact) mass is 390 g/mol. The van der Waals surface area contributed by atoms with Crippen LogP contribution in [0.4, 0.5) is 5.69 Å². The van der Waals surface area contributed by atoms with Gasteiger partial charge in [-0.05, 0) is 61.5 Å². The van der Waals surface area contributed by atoms with Crippen LogP contribution < -0.4 is 10.9 Å². The fourth-order valence-corrected chi connectivity index (χ4v) is 3.14. The number of pyridine rings is 1. The minimum atomic E-state index is -0.262. The average Bonchev–Trinajstić information content (AvgIpc) is 2.69. The maximum absolute atomic E-state index is 12.8. The van der Waals surface area contributed by atoms with E-state index >= 15 is 0 Å². The zero-order valence-electron chi connectivity index (χ0n) is 14.9. The first-order chi connectivity index (χ1) is 13.5. The van der Waals surface area contributed by atoms with Crippen molar-refractivity contribution in [1.82, 2.24) is 14.5 Å². The largest absolute Gasteiger partial charge is 0.322 e. The van der Waals surface area contributed by atoms with Gasteiger partial charge in [-0.3, -0.25) is 14.2 Å². The number of nitrogens with zero attached hydrogens (tertiary/aromatic N) is 3. The molecule has 0 radical (unpaired) electrons. The molecular weight excluding hydrogens is 376 g/mol. The molecule has 2 heterocycles. The van der Waals surface area contributed by atoms with Crippen LogP contribution in [0.5, 0.6) is 0 Å². The summed E-state index contributed by atoms with van der Waals surface area (Å²) in [6.07, 6.45) is 1.61. The Hall–Kier alpha value is -3.51. The third-order valence-electron chi connectivity index (χ3n) is 4.28. The molecule has 4 aromatic rings. The number of benzene rings is 2. The van der Waals surface area contributed by atoms with E-state index in [9.17, 15) is 9.59 Å². The lowest BCUT2D eigenvalue weighted by molar-refractivity contribution is 0.102. The number of anilines is 1. The van der Waals surface area contributed by atoms with Gasteiger partial charge < -0.3 is 5.32 Å². The summed E-state index contributed by atoms with van der Waals surface area (Å²) >= 11 is 5.93. The second-order valence-electron chi connectivity index (χ2n) is 6.19. The Morgan fingerprint density at radius 3 is 2.61 bits per heavy atom. The van der Waals surface area contributed by atoms with Crippen LogP contribution in [-0.4, -0.2) is 20.4 Å². The Bertz CT molecular complexity index is 1250. The van der Waals surface area contributed by atoms with Gasteiger partial charge in [0.15, 0.2) is 5.65 Å². The number of fused-ring (bicyclic) bond motifs is 1. The number of carbonyl (C=O) groups excluding carboxylic acids is 1. The average molecular weight is 391 g/mol. The molecule has 0 bridgehead atoms. The maximum Gasteiger partial charge on any atom is 0.267 e. The minimum Gasteiger partial charge on any atom is -0.322 e. The molecule has 0 aliphatic rings. The fourth-order valence-electron chi connectivity index (χ4n) is 2.95. The van der Waals surface area contributed by atoms with Gasteiger partial charge in [-0.2, -0.15) is 0 Å². The van der Waals surface area contributed by atoms with Gasteiger partial charge in [0.25, 0.3) is 11.5 Å². The van der Waals surface area contributed by atoms with E-state index in [0.29, 0.717) is 38.8 Å². The van der Waals surface area contributed by atoms with Crippen LogP contribution >= 0.6 is 11.6 Å². The molecule has 0 unspecified atom stereocenters. The molecule has 4 rings (SSSR count). The highest BCUT2D eigenvalue weighted by atomic mass is 35.5. The molecule has 0 aliphatic carbocycles. The highest BCUT2D eigenvalue weighted by molar-refractivity contribution is 6.31. The number of hydrogen-bond acceptors (Lipinski definition) is 4. The zero-order chi connectivity index (χ0) is 19.7. The molecule has 2 aromatic heterocycles. The number of aromatic nitrogens is 3. The summed E-state index contributed by atoms with van der Waals surface area (Å²) in [5, 5.41) is 3.76. The van der Waals surface area contributed by atoms with Gasteiger partial charge in [-0.15, -0.1) is 0 Å². The van der Waals surface area contributed by atoms with Gasteiger partial charge in [0.2, 0.25) is 0 Å². The van der Waals surface area contributed by atoms with Crippen molar-refractivity contribution in [3.8, 4) is 5.69 Å². The molecule has 0 saturated heterocycles. The molecule has 0 spiro atoms. The number of nitrogens with one attached hydrogen (secondary N) is 1. The maximum atomic E-state index is 12.8. The van der Waals surface area contributed by atoms with Gasteiger partial charge in [-0.25, -0.2) is 9.97 Å². The lowest BCUT2D eigenvalue weighted by Crippen LogP contribution is -2.22. The Kier molecular flexibility index (Phi) is 4.63. The van der Waals surface area contributed by atoms with Crippen LogP contribution in [0.2, 0.25) is 5.02 Å². The van der Waals surface area contributed by atoms with Crippen molar-refractivity contribution in [3.63, 3.8) is 0 Å². The lowest BCUT2D eigenvalue weighted by atomic mass is 10.2. The van der Waals surface area contributed by atoms with E-state index in [1.165, 1.54) is 4.57 Å². The molecule has 6 nitrogen and oxygen atoms in total. The Morgan fingerprint density at radius 2 is 1.86 bits per heavy atom. The first kappa shape index (κ1) is 17.9. The van der Waals surface area contributed by atoms with E-state index in [0.717, 1.165) is 0 Å². The molecule has 0 saturated carbocycles. The van der Waals surface area contributed by atoms with E-state index in [1.807, 2.05) is 0 Å². The summed E-state index contributed by atoms with van der Waals surface area (Å²) < 4.78 is 1.52. The predicted octanol–water partition coefficient (Wildman–Crippen LogP) is 3.99. The van der Waals surface area contributed by atoms with E-state index in [-0.39, 0.29) is 11.5 Å². The second kappa shape index (κ2) is 7.25. The van der Waals surface area contributed by atoms with Gasteiger partial charge in [-0.1, -0.05) is 17.7 Å². The number of rotatable bonds is 3. The molecule has 138 valence electrons. The first-order valence-corrected chi connectivity index (χ1v) is 8.92. The van der Waals surface area contributed by atoms with Crippen molar-refractivity contribution in [2.45, 2.75) is 6.92 Å². The summed E-state index contributed by atoms with van der Waals surface area (Å²) in [7, 11) is 0. The summed E-state index contributed by atoms with van der Waals surface area (Å²) in [5.74, 6) is 0.272. The van der Waals surface area contributed by atoms with E-state index in [4.69, 9.17) is 11.6 Å². The zero-order valence-corrected chi connectivity index (χ0v) is 15.6. The number of amides is 1. The summed E-state index contributed by atoms with van der Waals surface area (Å²) in [6.45, 7) is 1.75. The summed E-state index contributed by atoms with van der Waals surface area (Å²) in [6, 6.07) is 17.1. The van der Waals surface area contributed by atoms with Crippen LogP contribution in [0, 0.1) is 6.92 Å². The Balaban J connectivity index is 1.65. The van der Waals surface area contributed by atoms with E-state index in [2.05, 4.69) is 15.3 Å². The highest BCUT2D eigenvalue weighted by Gasteiger charge is 2.11. The molecule has 7 heteroatoms. The normalized spacial score (nSPS) is 10.8. The molecule has 0 aliphatic heterocycles. The van der Waals surface area contributed by atoms with Crippen LogP contribution in [-0.2, 0) is 0 Å². The van der Waals surface area contributed by atoms with Crippen molar-refractivity contribution in [1.29, 1.82) is 0 Å². The van der Waals surface area contributed by atoms with E-state index < -0.39 is 0 Å². The third-order valence-corrected chi connectivity index (χ3v) is 4.52. The van der Waals surface area contributed by atoms with Crippen LogP contribution in [0.25, 0.3) is 16.7 Å². The molecule has 0 fully saturated rings. The van der Waals surface area contributed by atoms with Crippen molar-refractivity contribution in [2.24, 2.45) is 0 Å². The first-order valence-electron chi connectivity index (χ1n) is 8.55. The number of halogens is 1. The molecule has 1 amide bonds. The number of hydrogen-bond donors (Lipinski definition) is 1. The van der Waals surface area contributed by atoms with Crippen molar-refractivity contribution >= 4 is 34.2 Å². The van der Waals surface area contributed by atoms with Crippen molar-refractivity contribution in [2.75, 3.05) is 5.32 Å². The number of aryl methyl sites for hydroxylation is 1. The third kappa shape index (κ3) is 3.37. The minimum absolute atomic E-state index is 0.189. The van der Waals surface area contributed by atoms with Gasteiger partial charge >= 0.3 is 0 Å². The smallest absolute Gasteiger partial charge is 0.267 e. The van der Waals surface area contributed by atoms with Gasteiger partial charge in [0.05, 0.1) is 11.1 Å². The van der Waals surface area contributed by atoms with Gasteiger partial charge in [0.1, 0.15) is 5.82 Å². The SMILES string of the molecule is Cc1nc2ncccc2c(=O)n1-c1ccc(NC(=O)c2cccc(Cl)c2)cc1. The van der Waals surface area contributed by atoms with Crippen LogP contribution in [0.1, 0.15) is 16.2 Å². The quantitative estimate of drug-likeness (QED) is 0.573. The molecular formula is C21H15ClN4O2. The predicted molar refractivity (Wildman–Crippen MR) is 109 cm³/mol. The summed E-state index contributed by atoms with van der Waals surface area (Å²) in [5.41, 5.74) is 1.96. The topological polar surface area (TPSA) is 76.9 Å². The number of carbonyl (C=O) groups is 1. The second-order valence-corrected chi connectivity index (χ2v) is 6.62. The Morgan fingerprint density at radius 1 is 1.07 bits per heavy atom. The lowest BCUT2D eigenvalue weighted by Gasteiger charge is -2.11. The van der Waals surface area contributed by atoms with Crippen molar-refractivity contribution in [3.05, 3.63) is 93.6 Å². The molecule has 28 heavy (non-hydrogen) atoms. The molecule has 1 N–H and O–H groups in total. The van der Waals surface area contributed by atoms with Crippen LogP contribution in [0.15, 0.2) is 71.7 Å². The van der Waals surface area contributed by atoms with Crippen molar-refractivity contribution < 1.29 is 4.79 Å². The summed E-state index contributed by atoms with van der Waals surface area (Å²) in [4.78, 5) is 33.7. The highest BCUT2D eigenvalue weighted by Crippen LogP contribution is 2.17. The Labute approximate surface area is 165 Å². The molecule has 2 aromatic carbocycles. The van der Waals surface area contributed by atoms with Gasteiger partial charge in [0, 0.05) is 22.5 Å². The standard InChI is InChI=1S/C21H15ClN4O2/c1-13-24-19-18(6-3-11-23-19)21(28)26(13)17-9-7-16(8-10-17)25-20(27)14-4-2-5-15(22)12-14/h2-12H,1H3,(H,25,27). The van der Waals surface area contributed by atoms with Crippen LogP contribution in [0.3, 0.4) is 0 Å². The molecule has 0 atom stereocenters. The fraction of sp³-hybridized carbons (Fsp3) is 0.0476. The van der Waals surface area contributed by atoms with E-state index in [1.54, 1.807) is 73.8 Å².